The normalized spacial score (nSPS) is 22.1. The molecule has 0 N–H and O–H groups in total. The number of carbonyl (C=O) groups is 1. The highest BCUT2D eigenvalue weighted by atomic mass is 19.4. The molecule has 0 unspecified atom stereocenters. The zero-order valence-corrected chi connectivity index (χ0v) is 15.2. The van der Waals surface area contributed by atoms with E-state index in [1.54, 1.807) is 17.0 Å². The molecule has 0 bridgehead atoms. The standard InChI is InChI=1S/C19H25F4N3O/c20-15-3-5-16(6-4-15)24-10-12-25(13-11-24)17-2-1-9-26(14-17)18(27)7-8-19(21,22)23/h3-6,17H,1-2,7-14H2/t17-/m0/s1. The number of anilines is 1. The van der Waals surface area contributed by atoms with Gasteiger partial charge in [0, 0.05) is 57.4 Å². The van der Waals surface area contributed by atoms with Crippen LogP contribution >= 0.6 is 0 Å². The predicted octanol–water partition coefficient (Wildman–Crippen LogP) is 3.28. The van der Waals surface area contributed by atoms with Crippen molar-refractivity contribution >= 4 is 11.6 Å². The summed E-state index contributed by atoms with van der Waals surface area (Å²) in [4.78, 5) is 18.2. The molecule has 1 aromatic rings. The molecule has 0 saturated carbocycles. The van der Waals surface area contributed by atoms with Gasteiger partial charge in [0.1, 0.15) is 5.82 Å². The quantitative estimate of drug-likeness (QED) is 0.742. The Hall–Kier alpha value is -1.83. The van der Waals surface area contributed by atoms with Crippen molar-refractivity contribution in [3.63, 3.8) is 0 Å². The number of piperidine rings is 1. The topological polar surface area (TPSA) is 26.8 Å². The number of hydrogen-bond acceptors (Lipinski definition) is 3. The molecule has 27 heavy (non-hydrogen) atoms. The molecule has 0 aromatic heterocycles. The average molecular weight is 387 g/mol. The fourth-order valence-electron chi connectivity index (χ4n) is 3.88. The van der Waals surface area contributed by atoms with Crippen molar-refractivity contribution in [2.75, 3.05) is 44.2 Å². The van der Waals surface area contributed by atoms with Crippen LogP contribution in [0.3, 0.4) is 0 Å². The smallest absolute Gasteiger partial charge is 0.369 e. The molecule has 2 aliphatic rings. The van der Waals surface area contributed by atoms with E-state index in [0.717, 1.165) is 44.7 Å². The third kappa shape index (κ3) is 5.57. The maximum absolute atomic E-state index is 13.1. The summed E-state index contributed by atoms with van der Waals surface area (Å²) in [6, 6.07) is 6.64. The van der Waals surface area contributed by atoms with Crippen LogP contribution in [0, 0.1) is 5.82 Å². The summed E-state index contributed by atoms with van der Waals surface area (Å²) in [6.07, 6.45) is -4.03. The van der Waals surface area contributed by atoms with Crippen LogP contribution in [0.1, 0.15) is 25.7 Å². The molecular formula is C19H25F4N3O. The Kier molecular flexibility index (Phi) is 6.24. The van der Waals surface area contributed by atoms with Crippen LogP contribution in [0.2, 0.25) is 0 Å². The van der Waals surface area contributed by atoms with Gasteiger partial charge in [-0.2, -0.15) is 13.2 Å². The summed E-state index contributed by atoms with van der Waals surface area (Å²) in [5.74, 6) is -0.656. The van der Waals surface area contributed by atoms with Crippen LogP contribution in [0.15, 0.2) is 24.3 Å². The molecule has 1 amide bonds. The lowest BCUT2D eigenvalue weighted by Gasteiger charge is -2.44. The molecule has 0 aliphatic carbocycles. The van der Waals surface area contributed by atoms with Crippen LogP contribution < -0.4 is 4.90 Å². The molecule has 0 spiro atoms. The van der Waals surface area contributed by atoms with Crippen molar-refractivity contribution in [1.29, 1.82) is 0 Å². The van der Waals surface area contributed by atoms with E-state index in [1.807, 2.05) is 0 Å². The molecule has 2 fully saturated rings. The summed E-state index contributed by atoms with van der Waals surface area (Å²) < 4.78 is 50.1. The predicted molar refractivity (Wildman–Crippen MR) is 95.1 cm³/mol. The molecule has 3 rings (SSSR count). The minimum atomic E-state index is -4.29. The summed E-state index contributed by atoms with van der Waals surface area (Å²) in [5, 5.41) is 0. The number of likely N-dealkylation sites (tertiary alicyclic amines) is 1. The Bertz CT molecular complexity index is 627. The molecular weight excluding hydrogens is 362 g/mol. The number of hydrogen-bond donors (Lipinski definition) is 0. The van der Waals surface area contributed by atoms with E-state index in [-0.39, 0.29) is 11.9 Å². The lowest BCUT2D eigenvalue weighted by Crippen LogP contribution is -2.55. The van der Waals surface area contributed by atoms with Crippen molar-refractivity contribution in [2.45, 2.75) is 37.9 Å². The van der Waals surface area contributed by atoms with Crippen LogP contribution in [-0.2, 0) is 4.79 Å². The number of alkyl halides is 3. The van der Waals surface area contributed by atoms with Crippen LogP contribution in [-0.4, -0.2) is 67.2 Å². The minimum Gasteiger partial charge on any atom is -0.369 e. The van der Waals surface area contributed by atoms with Gasteiger partial charge in [0.2, 0.25) is 5.91 Å². The minimum absolute atomic E-state index is 0.198. The van der Waals surface area contributed by atoms with E-state index in [9.17, 15) is 22.4 Å². The van der Waals surface area contributed by atoms with E-state index in [4.69, 9.17) is 0 Å². The lowest BCUT2D eigenvalue weighted by atomic mass is 10.0. The summed E-state index contributed by atoms with van der Waals surface area (Å²) in [7, 11) is 0. The van der Waals surface area contributed by atoms with Crippen molar-refractivity contribution < 1.29 is 22.4 Å². The first-order chi connectivity index (χ1) is 12.8. The molecule has 1 atom stereocenters. The van der Waals surface area contributed by atoms with E-state index in [1.165, 1.54) is 12.1 Å². The zero-order chi connectivity index (χ0) is 19.4. The van der Waals surface area contributed by atoms with Gasteiger partial charge in [0.05, 0.1) is 6.42 Å². The van der Waals surface area contributed by atoms with Gasteiger partial charge >= 0.3 is 6.18 Å². The number of nitrogens with zero attached hydrogens (tertiary/aromatic N) is 3. The molecule has 2 heterocycles. The van der Waals surface area contributed by atoms with E-state index >= 15 is 0 Å². The van der Waals surface area contributed by atoms with Gasteiger partial charge in [-0.3, -0.25) is 9.69 Å². The van der Waals surface area contributed by atoms with Crippen molar-refractivity contribution in [3.05, 3.63) is 30.1 Å². The number of carbonyl (C=O) groups excluding carboxylic acids is 1. The Morgan fingerprint density at radius 2 is 1.70 bits per heavy atom. The highest BCUT2D eigenvalue weighted by Gasteiger charge is 2.32. The van der Waals surface area contributed by atoms with E-state index in [2.05, 4.69) is 9.80 Å². The molecule has 150 valence electrons. The van der Waals surface area contributed by atoms with Gasteiger partial charge in [-0.25, -0.2) is 4.39 Å². The van der Waals surface area contributed by atoms with Gasteiger partial charge in [0.15, 0.2) is 0 Å². The third-order valence-electron chi connectivity index (χ3n) is 5.39. The first-order valence-corrected chi connectivity index (χ1v) is 9.41. The van der Waals surface area contributed by atoms with E-state index in [0.29, 0.717) is 13.1 Å². The lowest BCUT2D eigenvalue weighted by molar-refractivity contribution is -0.150. The molecule has 1 aromatic carbocycles. The third-order valence-corrected chi connectivity index (χ3v) is 5.39. The monoisotopic (exact) mass is 387 g/mol. The first-order valence-electron chi connectivity index (χ1n) is 9.41. The molecule has 2 aliphatic heterocycles. The first kappa shape index (κ1) is 19.9. The van der Waals surface area contributed by atoms with Crippen molar-refractivity contribution in [2.24, 2.45) is 0 Å². The number of benzene rings is 1. The van der Waals surface area contributed by atoms with Gasteiger partial charge in [-0.15, -0.1) is 0 Å². The van der Waals surface area contributed by atoms with Crippen LogP contribution in [0.4, 0.5) is 23.2 Å². The fourth-order valence-corrected chi connectivity index (χ4v) is 3.88. The second-order valence-corrected chi connectivity index (χ2v) is 7.25. The second kappa shape index (κ2) is 8.46. The second-order valence-electron chi connectivity index (χ2n) is 7.25. The number of rotatable bonds is 4. The molecule has 8 heteroatoms. The SMILES string of the molecule is O=C(CCC(F)(F)F)N1CCC[C@H](N2CCN(c3ccc(F)cc3)CC2)C1. The van der Waals surface area contributed by atoms with Crippen molar-refractivity contribution in [3.8, 4) is 0 Å². The molecule has 4 nitrogen and oxygen atoms in total. The van der Waals surface area contributed by atoms with Gasteiger partial charge in [0.25, 0.3) is 0 Å². The fraction of sp³-hybridized carbons (Fsp3) is 0.632. The summed E-state index contributed by atoms with van der Waals surface area (Å²) in [6.45, 7) is 4.32. The van der Waals surface area contributed by atoms with Gasteiger partial charge in [-0.05, 0) is 37.1 Å². The Balaban J connectivity index is 1.49. The van der Waals surface area contributed by atoms with Crippen molar-refractivity contribution in [1.82, 2.24) is 9.80 Å². The zero-order valence-electron chi connectivity index (χ0n) is 15.2. The molecule has 0 radical (unpaired) electrons. The van der Waals surface area contributed by atoms with E-state index < -0.39 is 24.9 Å². The maximum atomic E-state index is 13.1. The highest BCUT2D eigenvalue weighted by molar-refractivity contribution is 5.76. The Morgan fingerprint density at radius 3 is 2.33 bits per heavy atom. The van der Waals surface area contributed by atoms with Crippen LogP contribution in [0.25, 0.3) is 0 Å². The average Bonchev–Trinajstić information content (AvgIpc) is 2.66. The van der Waals surface area contributed by atoms with Gasteiger partial charge < -0.3 is 9.80 Å². The summed E-state index contributed by atoms with van der Waals surface area (Å²) >= 11 is 0. The Labute approximate surface area is 156 Å². The molecule has 2 saturated heterocycles. The van der Waals surface area contributed by atoms with Gasteiger partial charge in [-0.1, -0.05) is 0 Å². The largest absolute Gasteiger partial charge is 0.389 e. The number of amides is 1. The number of halogens is 4. The Morgan fingerprint density at radius 1 is 1.04 bits per heavy atom. The maximum Gasteiger partial charge on any atom is 0.389 e. The summed E-state index contributed by atoms with van der Waals surface area (Å²) in [5.41, 5.74) is 0.989. The number of piperazine rings is 1. The highest BCUT2D eigenvalue weighted by Crippen LogP contribution is 2.24. The van der Waals surface area contributed by atoms with Crippen LogP contribution in [0.5, 0.6) is 0 Å².